The van der Waals surface area contributed by atoms with E-state index in [-0.39, 0.29) is 4.90 Å². The van der Waals surface area contributed by atoms with Crippen LogP contribution in [0.25, 0.3) is 0 Å². The molecule has 2 rings (SSSR count). The lowest BCUT2D eigenvalue weighted by molar-refractivity contribution is 0.519. The first-order valence-electron chi connectivity index (χ1n) is 4.85. The molecule has 5 nitrogen and oxygen atoms in total. The summed E-state index contributed by atoms with van der Waals surface area (Å²) >= 11 is 0. The third kappa shape index (κ3) is 1.64. The maximum absolute atomic E-state index is 12.1. The van der Waals surface area contributed by atoms with Crippen LogP contribution in [0, 0.1) is 6.92 Å². The van der Waals surface area contributed by atoms with Gasteiger partial charge >= 0.3 is 0 Å². The van der Waals surface area contributed by atoms with E-state index in [2.05, 4.69) is 9.98 Å². The van der Waals surface area contributed by atoms with Crippen LogP contribution in [-0.2, 0) is 10.0 Å². The fourth-order valence-corrected chi connectivity index (χ4v) is 2.72. The summed E-state index contributed by atoms with van der Waals surface area (Å²) in [6.07, 6.45) is 0. The molecule has 0 aliphatic carbocycles. The average molecular weight is 239 g/mol. The predicted molar refractivity (Wildman–Crippen MR) is 59.2 cm³/mol. The molecule has 0 saturated heterocycles. The van der Waals surface area contributed by atoms with E-state index < -0.39 is 10.0 Å². The molecule has 0 unspecified atom stereocenters. The maximum atomic E-state index is 12.1. The van der Waals surface area contributed by atoms with Crippen LogP contribution in [0.4, 0.5) is 0 Å². The van der Waals surface area contributed by atoms with Crippen molar-refractivity contribution in [1.82, 2.24) is 4.31 Å². The van der Waals surface area contributed by atoms with Crippen LogP contribution in [0.3, 0.4) is 0 Å². The van der Waals surface area contributed by atoms with E-state index in [0.29, 0.717) is 17.4 Å². The van der Waals surface area contributed by atoms with Crippen LogP contribution in [0.1, 0.15) is 5.56 Å². The van der Waals surface area contributed by atoms with Crippen molar-refractivity contribution in [1.29, 1.82) is 0 Å². The number of fused-ring (bicyclic) bond motifs is 1. The third-order valence-electron chi connectivity index (χ3n) is 2.43. The number of rotatable bonds is 2. The van der Waals surface area contributed by atoms with Crippen molar-refractivity contribution in [2.45, 2.75) is 11.8 Å². The van der Waals surface area contributed by atoms with Crippen LogP contribution in [-0.4, -0.2) is 33.5 Å². The molecule has 0 atom stereocenters. The van der Waals surface area contributed by atoms with Gasteiger partial charge in [0.15, 0.2) is 0 Å². The zero-order valence-corrected chi connectivity index (χ0v) is 10.2. The van der Waals surface area contributed by atoms with Gasteiger partial charge < -0.3 is 0 Å². The Hall–Kier alpha value is -1.27. The Morgan fingerprint density at radius 1 is 1.25 bits per heavy atom. The molecule has 0 amide bonds. The Morgan fingerprint density at radius 3 is 2.56 bits per heavy atom. The minimum Gasteiger partial charge on any atom is -0.260 e. The molecule has 1 aromatic rings. The molecule has 16 heavy (non-hydrogen) atoms. The molecular formula is C10H13N3O2S. The largest absolute Gasteiger partial charge is 0.260 e. The van der Waals surface area contributed by atoms with Crippen LogP contribution in [0.15, 0.2) is 27.0 Å². The van der Waals surface area contributed by atoms with Gasteiger partial charge in [0.2, 0.25) is 10.0 Å². The standard InChI is InChI=1S/C10H13N3O2S/c1-7-4-8-10(12-6-11-8)9(5-7)16(14,15)13(2)3/h4-5H,6H2,1-3H3. The topological polar surface area (TPSA) is 62.1 Å². The third-order valence-corrected chi connectivity index (χ3v) is 4.26. The summed E-state index contributed by atoms with van der Waals surface area (Å²) in [7, 11) is -0.425. The average Bonchev–Trinajstić information content (AvgIpc) is 2.63. The smallest absolute Gasteiger partial charge is 0.244 e. The molecule has 0 radical (unpaired) electrons. The van der Waals surface area contributed by atoms with Gasteiger partial charge in [-0.2, -0.15) is 0 Å². The van der Waals surface area contributed by atoms with Gasteiger partial charge in [0.05, 0.1) is 5.36 Å². The minimum atomic E-state index is -3.45. The van der Waals surface area contributed by atoms with Gasteiger partial charge in [0.25, 0.3) is 0 Å². The maximum Gasteiger partial charge on any atom is 0.244 e. The molecule has 6 heteroatoms. The highest BCUT2D eigenvalue weighted by atomic mass is 32.2. The van der Waals surface area contributed by atoms with Crippen molar-refractivity contribution >= 4 is 10.0 Å². The molecular weight excluding hydrogens is 226 g/mol. The Morgan fingerprint density at radius 2 is 1.94 bits per heavy atom. The lowest BCUT2D eigenvalue weighted by Crippen LogP contribution is -2.34. The minimum absolute atomic E-state index is 0.244. The van der Waals surface area contributed by atoms with E-state index in [1.807, 2.05) is 13.0 Å². The number of nitrogens with zero attached hydrogens (tertiary/aromatic N) is 3. The van der Waals surface area contributed by atoms with Gasteiger partial charge in [0.1, 0.15) is 16.9 Å². The van der Waals surface area contributed by atoms with E-state index in [4.69, 9.17) is 0 Å². The summed E-state index contributed by atoms with van der Waals surface area (Å²) in [5, 5.41) is 1.15. The fraction of sp³-hybridized carbons (Fsp3) is 0.400. The van der Waals surface area contributed by atoms with Crippen LogP contribution in [0.2, 0.25) is 0 Å². The molecule has 1 aromatic carbocycles. The Labute approximate surface area is 94.2 Å². The first kappa shape index (κ1) is 11.2. The molecule has 0 bridgehead atoms. The summed E-state index contributed by atoms with van der Waals surface area (Å²) in [6.45, 7) is 2.16. The molecule has 0 spiro atoms. The second-order valence-corrected chi connectivity index (χ2v) is 6.00. The molecule has 0 fully saturated rings. The number of aryl methyl sites for hydroxylation is 1. The molecule has 1 heterocycles. The SMILES string of the molecule is Cc1cc(S(=O)(=O)N(C)C)c2c(c1)=NCN=2. The highest BCUT2D eigenvalue weighted by Crippen LogP contribution is 2.09. The quantitative estimate of drug-likeness (QED) is 0.695. The van der Waals surface area contributed by atoms with E-state index in [1.54, 1.807) is 6.07 Å². The van der Waals surface area contributed by atoms with Crippen molar-refractivity contribution in [2.24, 2.45) is 9.98 Å². The molecule has 0 saturated carbocycles. The van der Waals surface area contributed by atoms with Gasteiger partial charge in [-0.05, 0) is 24.6 Å². The molecule has 0 aromatic heterocycles. The lowest BCUT2D eigenvalue weighted by Gasteiger charge is -2.11. The first-order valence-corrected chi connectivity index (χ1v) is 6.29. The van der Waals surface area contributed by atoms with Crippen molar-refractivity contribution in [3.63, 3.8) is 0 Å². The summed E-state index contributed by atoms with van der Waals surface area (Å²) < 4.78 is 25.3. The molecule has 1 aliphatic heterocycles. The lowest BCUT2D eigenvalue weighted by atomic mass is 10.2. The second kappa shape index (κ2) is 3.64. The zero-order valence-electron chi connectivity index (χ0n) is 9.43. The number of sulfonamides is 1. The van der Waals surface area contributed by atoms with Crippen LogP contribution < -0.4 is 10.7 Å². The number of benzene rings is 1. The zero-order chi connectivity index (χ0) is 11.9. The van der Waals surface area contributed by atoms with Gasteiger partial charge in [-0.3, -0.25) is 9.98 Å². The van der Waals surface area contributed by atoms with Crippen LogP contribution in [0.5, 0.6) is 0 Å². The van der Waals surface area contributed by atoms with Crippen molar-refractivity contribution in [3.8, 4) is 0 Å². The Bertz CT molecular complexity index is 647. The second-order valence-electron chi connectivity index (χ2n) is 3.88. The normalized spacial score (nSPS) is 14.5. The highest BCUT2D eigenvalue weighted by molar-refractivity contribution is 7.89. The molecule has 1 aliphatic rings. The van der Waals surface area contributed by atoms with Gasteiger partial charge in [-0.1, -0.05) is 0 Å². The van der Waals surface area contributed by atoms with Gasteiger partial charge in [0, 0.05) is 14.1 Å². The van der Waals surface area contributed by atoms with Crippen molar-refractivity contribution < 1.29 is 8.42 Å². The van der Waals surface area contributed by atoms with Crippen LogP contribution >= 0.6 is 0 Å². The first-order chi connectivity index (χ1) is 7.43. The number of hydrogen-bond acceptors (Lipinski definition) is 4. The van der Waals surface area contributed by atoms with E-state index in [1.165, 1.54) is 18.4 Å². The summed E-state index contributed by atoms with van der Waals surface area (Å²) in [5.74, 6) is 0. The fourth-order valence-electron chi connectivity index (χ4n) is 1.58. The van der Waals surface area contributed by atoms with Crippen molar-refractivity contribution in [2.75, 3.05) is 20.8 Å². The summed E-state index contributed by atoms with van der Waals surface area (Å²) in [6, 6.07) is 3.49. The highest BCUT2D eigenvalue weighted by Gasteiger charge is 2.21. The van der Waals surface area contributed by atoms with E-state index >= 15 is 0 Å². The van der Waals surface area contributed by atoms with Gasteiger partial charge in [-0.15, -0.1) is 0 Å². The summed E-state index contributed by atoms with van der Waals surface area (Å²) in [5.41, 5.74) is 0.875. The van der Waals surface area contributed by atoms with E-state index in [9.17, 15) is 8.42 Å². The van der Waals surface area contributed by atoms with Gasteiger partial charge in [-0.25, -0.2) is 12.7 Å². The molecule has 86 valence electrons. The predicted octanol–water partition coefficient (Wildman–Crippen LogP) is -0.544. The van der Waals surface area contributed by atoms with E-state index in [0.717, 1.165) is 5.56 Å². The van der Waals surface area contributed by atoms with Crippen molar-refractivity contribution in [3.05, 3.63) is 28.4 Å². The summed E-state index contributed by atoms with van der Waals surface area (Å²) in [4.78, 5) is 8.50. The Balaban J connectivity index is 2.84. The monoisotopic (exact) mass is 239 g/mol. The number of hydrogen-bond donors (Lipinski definition) is 0. The molecule has 0 N–H and O–H groups in total. The Kier molecular flexibility index (Phi) is 2.55.